The molecule has 3 aromatic rings. The maximum absolute atomic E-state index is 13.7. The Morgan fingerprint density at radius 3 is 1.81 bits per heavy atom. The number of fused-ring (bicyclic) bond motifs is 1. The van der Waals surface area contributed by atoms with Crippen LogP contribution in [0.2, 0.25) is 0 Å². The third-order valence-corrected chi connectivity index (χ3v) is 8.06. The summed E-state index contributed by atoms with van der Waals surface area (Å²) in [6.45, 7) is -1.38. The molecule has 0 aliphatic carbocycles. The molecule has 6 rings (SSSR count). The van der Waals surface area contributed by atoms with Crippen LogP contribution in [0.5, 0.6) is 17.2 Å². The van der Waals surface area contributed by atoms with Crippen molar-refractivity contribution < 1.29 is 78.5 Å². The first-order valence-electron chi connectivity index (χ1n) is 14.3. The first kappa shape index (κ1) is 32.9. The van der Waals surface area contributed by atoms with Crippen molar-refractivity contribution in [2.75, 3.05) is 13.2 Å². The fourth-order valence-corrected chi connectivity index (χ4v) is 5.53. The highest BCUT2D eigenvalue weighted by Gasteiger charge is 2.46. The molecule has 3 aliphatic rings. The van der Waals surface area contributed by atoms with Gasteiger partial charge in [-0.15, -0.1) is 0 Å². The van der Waals surface area contributed by atoms with E-state index in [2.05, 4.69) is 0 Å². The van der Waals surface area contributed by atoms with Crippen molar-refractivity contribution in [2.24, 2.45) is 0 Å². The number of rotatable bonds is 7. The average molecular weight is 663 g/mol. The van der Waals surface area contributed by atoms with Crippen molar-refractivity contribution in [1.29, 1.82) is 0 Å². The Morgan fingerprint density at radius 1 is 0.702 bits per heavy atom. The summed E-state index contributed by atoms with van der Waals surface area (Å²) in [7, 11) is 0. The van der Waals surface area contributed by atoms with Gasteiger partial charge in [-0.25, -0.2) is 0 Å². The molecule has 10 atom stereocenters. The molecule has 47 heavy (non-hydrogen) atoms. The van der Waals surface area contributed by atoms with E-state index in [1.165, 1.54) is 30.3 Å². The number of hydrogen-bond acceptors (Lipinski definition) is 17. The van der Waals surface area contributed by atoms with Crippen LogP contribution in [0.25, 0.3) is 22.3 Å². The van der Waals surface area contributed by atoms with Crippen LogP contribution in [0.3, 0.4) is 0 Å². The molecule has 2 bridgehead atoms. The van der Waals surface area contributed by atoms with Gasteiger partial charge in [-0.1, -0.05) is 0 Å². The predicted molar refractivity (Wildman–Crippen MR) is 151 cm³/mol. The fourth-order valence-electron chi connectivity index (χ4n) is 5.53. The molecule has 2 fully saturated rings. The number of carbonyl (C=O) groups excluding carboxylic acids is 2. The van der Waals surface area contributed by atoms with Gasteiger partial charge in [0.05, 0.1) is 13.2 Å². The van der Waals surface area contributed by atoms with Crippen molar-refractivity contribution >= 4 is 22.7 Å². The van der Waals surface area contributed by atoms with Crippen molar-refractivity contribution in [3.8, 4) is 28.6 Å². The third kappa shape index (κ3) is 5.98. The predicted octanol–water partition coefficient (Wildman–Crippen LogP) is -2.69. The van der Waals surface area contributed by atoms with Crippen molar-refractivity contribution in [1.82, 2.24) is 0 Å². The number of aliphatic hydroxyl groups is 8. The largest absolute Gasteiger partial charge is 0.462 e. The number of ketones is 1. The van der Waals surface area contributed by atoms with E-state index in [0.29, 0.717) is 0 Å². The van der Waals surface area contributed by atoms with Crippen LogP contribution in [0.1, 0.15) is 16.8 Å². The molecule has 2 saturated heterocycles. The normalized spacial score (nSPS) is 32.5. The van der Waals surface area contributed by atoms with Gasteiger partial charge in [0.2, 0.25) is 18.0 Å². The highest BCUT2D eigenvalue weighted by Crippen LogP contribution is 2.37. The van der Waals surface area contributed by atoms with Gasteiger partial charge in [0, 0.05) is 17.7 Å². The number of carbonyl (C=O) groups is 2. The van der Waals surface area contributed by atoms with E-state index in [1.807, 2.05) is 0 Å². The summed E-state index contributed by atoms with van der Waals surface area (Å²) in [5, 5.41) is 79.5. The molecule has 2 unspecified atom stereocenters. The lowest BCUT2D eigenvalue weighted by atomic mass is 9.98. The molecule has 3 aliphatic heterocycles. The van der Waals surface area contributed by atoms with E-state index >= 15 is 0 Å². The van der Waals surface area contributed by atoms with Crippen molar-refractivity contribution in [3.63, 3.8) is 0 Å². The van der Waals surface area contributed by atoms with Gasteiger partial charge in [0.15, 0.2) is 5.78 Å². The molecule has 1 aromatic heterocycles. The summed E-state index contributed by atoms with van der Waals surface area (Å²) in [4.78, 5) is 39.4. The van der Waals surface area contributed by atoms with Gasteiger partial charge in [-0.2, -0.15) is 0 Å². The van der Waals surface area contributed by atoms with Gasteiger partial charge < -0.3 is 69.0 Å². The molecule has 0 amide bonds. The minimum absolute atomic E-state index is 0.0799. The van der Waals surface area contributed by atoms with Crippen LogP contribution < -0.4 is 19.6 Å². The Bertz CT molecular complexity index is 1720. The highest BCUT2D eigenvalue weighted by molar-refractivity contribution is 6.12. The number of aliphatic hydroxyl groups excluding tert-OH is 8. The second-order valence-electron chi connectivity index (χ2n) is 11.2. The van der Waals surface area contributed by atoms with Crippen LogP contribution in [-0.4, -0.2) is 127 Å². The molecule has 0 saturated carbocycles. The standard InChI is InChI=1S/C30H30O17/c31-8-16-21(35)24(38)26(40)29(46-16)42-11-3-1-10(2-4-11)28-19-13(33)7-18(34)44-14-5-12(6-15(45-28)20(14)23(19)37)43-30-27(41)25(39)22(36)17(9-32)47-30/h1-6,16-17,21-22,24-27,29-32,35-36,38-41H,7-9H2/t16-,17-,21-,22-,24+,25+,26-,27-,29?,30?/m1/s1. The Labute approximate surface area is 263 Å². The van der Waals surface area contributed by atoms with Crippen LogP contribution in [0.15, 0.2) is 45.6 Å². The maximum atomic E-state index is 13.7. The zero-order valence-corrected chi connectivity index (χ0v) is 24.1. The summed E-state index contributed by atoms with van der Waals surface area (Å²) >= 11 is 0. The molecule has 4 heterocycles. The van der Waals surface area contributed by atoms with E-state index < -0.39 is 104 Å². The zero-order valence-electron chi connectivity index (χ0n) is 24.1. The Morgan fingerprint density at radius 2 is 1.26 bits per heavy atom. The van der Waals surface area contributed by atoms with Gasteiger partial charge in [0.1, 0.15) is 94.8 Å². The van der Waals surface area contributed by atoms with Gasteiger partial charge in [-0.05, 0) is 24.3 Å². The number of benzene rings is 2. The van der Waals surface area contributed by atoms with E-state index in [1.54, 1.807) is 0 Å². The lowest BCUT2D eigenvalue weighted by molar-refractivity contribution is -0.277. The number of Topliss-reactive ketones (excluding diaryl/α,β-unsaturated/α-hetero) is 1. The Balaban J connectivity index is 1.36. The minimum atomic E-state index is -1.78. The number of ether oxygens (including phenoxy) is 5. The first-order chi connectivity index (χ1) is 22.4. The summed E-state index contributed by atoms with van der Waals surface area (Å²) in [6, 6.07) is 7.80. The van der Waals surface area contributed by atoms with Gasteiger partial charge >= 0.3 is 5.97 Å². The third-order valence-electron chi connectivity index (χ3n) is 8.06. The maximum Gasteiger partial charge on any atom is 0.319 e. The van der Waals surface area contributed by atoms with E-state index in [-0.39, 0.29) is 39.5 Å². The molecule has 17 heteroatoms. The van der Waals surface area contributed by atoms with E-state index in [0.717, 1.165) is 6.07 Å². The van der Waals surface area contributed by atoms with E-state index in [4.69, 9.17) is 28.1 Å². The molecular weight excluding hydrogens is 632 g/mol. The monoisotopic (exact) mass is 662 g/mol. The topological polar surface area (TPSA) is 272 Å². The average Bonchev–Trinajstić information content (AvgIpc) is 3.04. The summed E-state index contributed by atoms with van der Waals surface area (Å²) in [5.41, 5.74) is -1.31. The molecule has 0 spiro atoms. The quantitative estimate of drug-likeness (QED) is 0.0727. The molecule has 17 nitrogen and oxygen atoms in total. The summed E-state index contributed by atoms with van der Waals surface area (Å²) < 4.78 is 33.2. The van der Waals surface area contributed by atoms with Crippen LogP contribution in [0.4, 0.5) is 0 Å². The highest BCUT2D eigenvalue weighted by atomic mass is 16.7. The van der Waals surface area contributed by atoms with Gasteiger partial charge in [0.25, 0.3) is 0 Å². The fraction of sp³-hybridized carbons (Fsp3) is 0.433. The Hall–Kier alpha value is -4.01. The lowest BCUT2D eigenvalue weighted by Gasteiger charge is -2.39. The second-order valence-corrected chi connectivity index (χ2v) is 11.2. The SMILES string of the molecule is O=C1CC(=O)c2c(-c3ccc(OC4O[C@H](CO)[C@@H](O)[C@H](O)[C@H]4O)cc3)oc3cc(OC4O[C@H](CO)[C@@H](O)[C@H](O)[C@H]4O)cc(c3c2=O)O1. The lowest BCUT2D eigenvalue weighted by Crippen LogP contribution is -2.60. The number of hydrogen-bond donors (Lipinski definition) is 8. The molecule has 0 radical (unpaired) electrons. The molecule has 8 N–H and O–H groups in total. The van der Waals surface area contributed by atoms with E-state index in [9.17, 15) is 55.2 Å². The molecule has 2 aromatic carbocycles. The number of esters is 1. The minimum Gasteiger partial charge on any atom is -0.462 e. The summed E-state index contributed by atoms with van der Waals surface area (Å²) in [6.07, 6.45) is -16.5. The first-order valence-corrected chi connectivity index (χ1v) is 14.3. The van der Waals surface area contributed by atoms with Crippen LogP contribution in [-0.2, 0) is 14.3 Å². The summed E-state index contributed by atoms with van der Waals surface area (Å²) in [5.74, 6) is -2.55. The zero-order chi connectivity index (χ0) is 33.7. The van der Waals surface area contributed by atoms with Crippen molar-refractivity contribution in [2.45, 2.75) is 67.8 Å². The second kappa shape index (κ2) is 12.9. The van der Waals surface area contributed by atoms with Crippen LogP contribution >= 0.6 is 0 Å². The molecular formula is C30H30O17. The molecule has 252 valence electrons. The Kier molecular flexibility index (Phi) is 9.02. The van der Waals surface area contributed by atoms with Crippen molar-refractivity contribution in [3.05, 3.63) is 52.2 Å². The van der Waals surface area contributed by atoms with Crippen LogP contribution in [0, 0.1) is 0 Å². The van der Waals surface area contributed by atoms with Gasteiger partial charge in [-0.3, -0.25) is 14.4 Å². The smallest absolute Gasteiger partial charge is 0.319 e.